The molecule has 0 aliphatic carbocycles. The third-order valence-corrected chi connectivity index (χ3v) is 2.46. The van der Waals surface area contributed by atoms with Crippen molar-refractivity contribution in [1.82, 2.24) is 0 Å². The Kier molecular flexibility index (Phi) is 1.82. The molecule has 0 aliphatic heterocycles. The molecule has 0 bridgehead atoms. The Labute approximate surface area is 88.0 Å². The van der Waals surface area contributed by atoms with Crippen molar-refractivity contribution in [3.8, 4) is 11.1 Å². The van der Waals surface area contributed by atoms with Crippen LogP contribution >= 0.6 is 0 Å². The van der Waals surface area contributed by atoms with Gasteiger partial charge in [-0.05, 0) is 17.2 Å². The summed E-state index contributed by atoms with van der Waals surface area (Å²) in [7, 11) is 0. The molecule has 2 aromatic carbocycles. The van der Waals surface area contributed by atoms with Gasteiger partial charge in [0.1, 0.15) is 5.58 Å². The van der Waals surface area contributed by atoms with E-state index in [9.17, 15) is 0 Å². The maximum absolute atomic E-state index is 5.32. The predicted molar refractivity (Wildman–Crippen MR) is 60.5 cm³/mol. The summed E-state index contributed by atoms with van der Waals surface area (Å²) >= 11 is 0. The first-order valence-corrected chi connectivity index (χ1v) is 4.88. The molecule has 0 atom stereocenters. The zero-order chi connectivity index (χ0) is 10.1. The zero-order valence-corrected chi connectivity index (χ0v) is 8.10. The molecule has 0 fully saturated rings. The Bertz CT molecular complexity index is 578. The maximum atomic E-state index is 5.32. The van der Waals surface area contributed by atoms with Crippen LogP contribution in [-0.2, 0) is 0 Å². The van der Waals surface area contributed by atoms with E-state index in [1.54, 1.807) is 6.26 Å². The van der Waals surface area contributed by atoms with Gasteiger partial charge in [-0.25, -0.2) is 0 Å². The van der Waals surface area contributed by atoms with Crippen LogP contribution in [-0.4, -0.2) is 0 Å². The van der Waals surface area contributed by atoms with Crippen LogP contribution in [0.25, 0.3) is 22.1 Å². The highest BCUT2D eigenvalue weighted by Gasteiger charge is 2.01. The first-order chi connectivity index (χ1) is 7.43. The largest absolute Gasteiger partial charge is 0.464 e. The van der Waals surface area contributed by atoms with Gasteiger partial charge in [0, 0.05) is 11.5 Å². The number of hydrogen-bond donors (Lipinski definition) is 0. The van der Waals surface area contributed by atoms with Gasteiger partial charge in [-0.1, -0.05) is 42.5 Å². The highest BCUT2D eigenvalue weighted by atomic mass is 16.3. The number of furan rings is 1. The van der Waals surface area contributed by atoms with Crippen LogP contribution in [0.2, 0.25) is 0 Å². The highest BCUT2D eigenvalue weighted by molar-refractivity contribution is 5.82. The Morgan fingerprint density at radius 2 is 1.73 bits per heavy atom. The fourth-order valence-electron chi connectivity index (χ4n) is 1.68. The molecule has 0 saturated heterocycles. The first-order valence-electron chi connectivity index (χ1n) is 4.88. The molecule has 0 unspecified atom stereocenters. The van der Waals surface area contributed by atoms with E-state index in [1.807, 2.05) is 24.3 Å². The summed E-state index contributed by atoms with van der Waals surface area (Å²) < 4.78 is 5.32. The predicted octanol–water partition coefficient (Wildman–Crippen LogP) is 3.90. The monoisotopic (exact) mass is 193 g/mol. The Morgan fingerprint density at radius 3 is 2.60 bits per heavy atom. The molecule has 1 radical (unpaired) electrons. The molecule has 1 nitrogen and oxygen atoms in total. The molecule has 0 aliphatic rings. The first kappa shape index (κ1) is 8.30. The lowest BCUT2D eigenvalue weighted by Crippen LogP contribution is -1.76. The third kappa shape index (κ3) is 1.42. The lowest BCUT2D eigenvalue weighted by molar-refractivity contribution is 0.615. The fourth-order valence-corrected chi connectivity index (χ4v) is 1.68. The standard InChI is InChI=1S/C14H9O/c1-2-4-11(5-3-1)13-7-6-12-8-9-15-14(12)10-13/h1-9H. The van der Waals surface area contributed by atoms with Crippen LogP contribution in [0.4, 0.5) is 0 Å². The minimum absolute atomic E-state index is 0.816. The third-order valence-electron chi connectivity index (χ3n) is 2.46. The molecule has 0 amide bonds. The number of fused-ring (bicyclic) bond motifs is 1. The van der Waals surface area contributed by atoms with E-state index < -0.39 is 0 Å². The average molecular weight is 193 g/mol. The highest BCUT2D eigenvalue weighted by Crippen LogP contribution is 2.23. The van der Waals surface area contributed by atoms with Gasteiger partial charge in [-0.3, -0.25) is 0 Å². The van der Waals surface area contributed by atoms with Gasteiger partial charge in [0.05, 0.1) is 6.26 Å². The van der Waals surface area contributed by atoms with Crippen molar-refractivity contribution in [2.24, 2.45) is 0 Å². The lowest BCUT2D eigenvalue weighted by Gasteiger charge is -1.99. The van der Waals surface area contributed by atoms with E-state index in [1.165, 1.54) is 0 Å². The Morgan fingerprint density at radius 1 is 0.867 bits per heavy atom. The molecular weight excluding hydrogens is 184 g/mol. The van der Waals surface area contributed by atoms with Crippen LogP contribution in [0.15, 0.2) is 59.2 Å². The van der Waals surface area contributed by atoms with E-state index >= 15 is 0 Å². The van der Waals surface area contributed by atoms with Crippen LogP contribution in [0.5, 0.6) is 0 Å². The topological polar surface area (TPSA) is 13.1 Å². The normalized spacial score (nSPS) is 10.7. The van der Waals surface area contributed by atoms with Crippen molar-refractivity contribution < 1.29 is 4.42 Å². The van der Waals surface area contributed by atoms with Crippen molar-refractivity contribution in [2.75, 3.05) is 0 Å². The second kappa shape index (κ2) is 3.28. The molecule has 15 heavy (non-hydrogen) atoms. The van der Waals surface area contributed by atoms with Crippen LogP contribution < -0.4 is 0 Å². The van der Waals surface area contributed by atoms with Crippen molar-refractivity contribution >= 4 is 11.0 Å². The number of rotatable bonds is 1. The van der Waals surface area contributed by atoms with Gasteiger partial charge in [-0.2, -0.15) is 0 Å². The van der Waals surface area contributed by atoms with Gasteiger partial charge in [-0.15, -0.1) is 0 Å². The zero-order valence-electron chi connectivity index (χ0n) is 8.10. The van der Waals surface area contributed by atoms with Crippen molar-refractivity contribution in [2.45, 2.75) is 0 Å². The van der Waals surface area contributed by atoms with Crippen molar-refractivity contribution in [1.29, 1.82) is 0 Å². The molecule has 1 heterocycles. The summed E-state index contributed by atoms with van der Waals surface area (Å²) in [6.07, 6.45) is 1.69. The van der Waals surface area contributed by atoms with E-state index in [2.05, 4.69) is 30.3 Å². The maximum Gasteiger partial charge on any atom is 0.142 e. The second-order valence-electron chi connectivity index (χ2n) is 3.44. The van der Waals surface area contributed by atoms with Crippen molar-refractivity contribution in [3.63, 3.8) is 0 Å². The smallest absolute Gasteiger partial charge is 0.142 e. The SMILES string of the molecule is [c]1c(-c2ccccc2)ccc2ccoc12. The summed E-state index contributed by atoms with van der Waals surface area (Å²) in [6, 6.07) is 19.5. The Balaban J connectivity index is 2.19. The number of hydrogen-bond acceptors (Lipinski definition) is 1. The quantitative estimate of drug-likeness (QED) is 0.571. The van der Waals surface area contributed by atoms with Gasteiger partial charge in [0.15, 0.2) is 0 Å². The van der Waals surface area contributed by atoms with Gasteiger partial charge in [0.25, 0.3) is 0 Å². The molecule has 0 saturated carbocycles. The average Bonchev–Trinajstić information content (AvgIpc) is 2.77. The molecule has 0 spiro atoms. The van der Waals surface area contributed by atoms with Crippen LogP contribution in [0.1, 0.15) is 0 Å². The van der Waals surface area contributed by atoms with Crippen LogP contribution in [0.3, 0.4) is 0 Å². The summed E-state index contributed by atoms with van der Waals surface area (Å²) in [5, 5.41) is 1.09. The van der Waals surface area contributed by atoms with E-state index in [4.69, 9.17) is 4.42 Å². The summed E-state index contributed by atoms with van der Waals surface area (Å²) in [6.45, 7) is 0. The van der Waals surface area contributed by atoms with E-state index in [0.717, 1.165) is 22.1 Å². The second-order valence-corrected chi connectivity index (χ2v) is 3.44. The Hall–Kier alpha value is -2.02. The summed E-state index contributed by atoms with van der Waals surface area (Å²) in [4.78, 5) is 0. The molecule has 3 aromatic rings. The van der Waals surface area contributed by atoms with Crippen molar-refractivity contribution in [3.05, 3.63) is 60.9 Å². The molecule has 0 N–H and O–H groups in total. The summed E-state index contributed by atoms with van der Waals surface area (Å²) in [5.74, 6) is 0. The van der Waals surface area contributed by atoms with E-state index in [0.29, 0.717) is 0 Å². The molecule has 71 valence electrons. The van der Waals surface area contributed by atoms with E-state index in [-0.39, 0.29) is 0 Å². The minimum atomic E-state index is 0.816. The van der Waals surface area contributed by atoms with Crippen LogP contribution in [0, 0.1) is 6.07 Å². The molecule has 3 rings (SSSR count). The lowest BCUT2D eigenvalue weighted by atomic mass is 10.1. The fraction of sp³-hybridized carbons (Fsp3) is 0. The number of benzene rings is 2. The van der Waals surface area contributed by atoms with Gasteiger partial charge < -0.3 is 4.42 Å². The molecular formula is C14H9O. The summed E-state index contributed by atoms with van der Waals surface area (Å²) in [5.41, 5.74) is 3.05. The molecule has 1 heteroatoms. The van der Waals surface area contributed by atoms with Gasteiger partial charge >= 0.3 is 0 Å². The molecule has 1 aromatic heterocycles. The minimum Gasteiger partial charge on any atom is -0.464 e. The van der Waals surface area contributed by atoms with Gasteiger partial charge in [0.2, 0.25) is 0 Å².